The third kappa shape index (κ3) is 6.62. The third-order valence-electron chi connectivity index (χ3n) is 9.91. The van der Waals surface area contributed by atoms with Crippen molar-refractivity contribution in [3.63, 3.8) is 0 Å². The van der Waals surface area contributed by atoms with E-state index >= 15 is 0 Å². The van der Waals surface area contributed by atoms with E-state index in [0.29, 0.717) is 41.1 Å². The number of nitrogens with zero attached hydrogens (tertiary/aromatic N) is 6. The Balaban J connectivity index is 1.03. The van der Waals surface area contributed by atoms with Gasteiger partial charge < -0.3 is 14.6 Å². The molecule has 7 rings (SSSR count). The topological polar surface area (TPSA) is 157 Å². The molecular weight excluding hydrogens is 685 g/mol. The molecule has 1 saturated heterocycles. The highest BCUT2D eigenvalue weighted by atomic mass is 16.3. The largest absolute Gasteiger partial charge is 0.464 e. The van der Waals surface area contributed by atoms with Gasteiger partial charge in [0.05, 0.1) is 47.8 Å². The van der Waals surface area contributed by atoms with Crippen LogP contribution in [-0.2, 0) is 23.7 Å². The molecule has 2 N–H and O–H groups in total. The Hall–Kier alpha value is -6.55. The number of carbonyl (C=O) groups is 3. The van der Waals surface area contributed by atoms with Gasteiger partial charge in [-0.15, -0.1) is 0 Å². The number of pyridine rings is 1. The summed E-state index contributed by atoms with van der Waals surface area (Å²) in [5, 5.41) is 5.97. The minimum atomic E-state index is -0.468. The van der Waals surface area contributed by atoms with Gasteiger partial charge in [-0.2, -0.15) is 0 Å². The molecule has 2 aromatic carbocycles. The van der Waals surface area contributed by atoms with Gasteiger partial charge in [0, 0.05) is 61.0 Å². The molecule has 1 fully saturated rings. The number of hydrogen-bond acceptors (Lipinski definition) is 9. The molecule has 3 amide bonds. The third-order valence-corrected chi connectivity index (χ3v) is 9.91. The molecule has 6 aromatic rings. The van der Waals surface area contributed by atoms with Crippen LogP contribution in [-0.4, -0.2) is 54.9 Å². The number of aryl methyl sites for hydroxylation is 3. The fraction of sp³-hybridized carbons (Fsp3) is 0.293. The van der Waals surface area contributed by atoms with Crippen molar-refractivity contribution in [2.75, 3.05) is 18.0 Å². The Bertz CT molecular complexity index is 2590. The van der Waals surface area contributed by atoms with Gasteiger partial charge >= 0.3 is 5.69 Å². The SMILES string of the molecule is CCN(c1cnc(-c2cnc(C(=O)NCC#Cc3ccc4occ(C5CCC(=O)NC5=O)c4c3)c(C)c2)nc1)c1cc(C(C)C)c2c(c1)n(C)c(=O)n2C. The van der Waals surface area contributed by atoms with Gasteiger partial charge in [0.2, 0.25) is 11.8 Å². The van der Waals surface area contributed by atoms with E-state index in [-0.39, 0.29) is 48.0 Å². The summed E-state index contributed by atoms with van der Waals surface area (Å²) < 4.78 is 9.04. The van der Waals surface area contributed by atoms with E-state index in [9.17, 15) is 19.2 Å². The highest BCUT2D eigenvalue weighted by Crippen LogP contribution is 2.35. The van der Waals surface area contributed by atoms with E-state index in [1.165, 1.54) is 0 Å². The molecule has 1 atom stereocenters. The lowest BCUT2D eigenvalue weighted by molar-refractivity contribution is -0.134. The Morgan fingerprint density at radius 3 is 2.52 bits per heavy atom. The lowest BCUT2D eigenvalue weighted by atomic mass is 9.90. The summed E-state index contributed by atoms with van der Waals surface area (Å²) in [6.07, 6.45) is 7.37. The van der Waals surface area contributed by atoms with Crippen molar-refractivity contribution in [3.05, 3.63) is 99.7 Å². The molecule has 0 radical (unpaired) electrons. The maximum Gasteiger partial charge on any atom is 0.328 e. The lowest BCUT2D eigenvalue weighted by Gasteiger charge is -2.24. The predicted octanol–water partition coefficient (Wildman–Crippen LogP) is 5.37. The molecule has 0 saturated carbocycles. The molecule has 1 unspecified atom stereocenters. The number of carbonyl (C=O) groups excluding carboxylic acids is 3. The number of aromatic nitrogens is 5. The standard InChI is InChI=1S/C41H40N8O5/c1-7-49(27-17-30(23(2)3)37-33(18-27)47(5)41(53)48(37)6)28-20-44-38(45-21-28)26-15-24(4)36(43-19-26)40(52)42-14-8-9-25-10-12-34-31(16-25)32(22-54-34)29-11-13-35(50)46-39(29)51/h10,12,15-23,29H,7,11,13-14H2,1-6H3,(H,42,52)(H,46,50,51). The summed E-state index contributed by atoms with van der Waals surface area (Å²) in [4.78, 5) is 65.7. The number of amides is 3. The minimum Gasteiger partial charge on any atom is -0.464 e. The number of imide groups is 1. The van der Waals surface area contributed by atoms with Gasteiger partial charge in [-0.05, 0) is 73.7 Å². The summed E-state index contributed by atoms with van der Waals surface area (Å²) in [7, 11) is 3.60. The van der Waals surface area contributed by atoms with E-state index in [1.54, 1.807) is 54.1 Å². The number of rotatable bonds is 8. The zero-order valence-electron chi connectivity index (χ0n) is 31.0. The Kier molecular flexibility index (Phi) is 9.60. The Morgan fingerprint density at radius 2 is 1.81 bits per heavy atom. The van der Waals surface area contributed by atoms with Crippen LogP contribution in [0.15, 0.2) is 70.5 Å². The van der Waals surface area contributed by atoms with E-state index in [0.717, 1.165) is 38.9 Å². The number of benzene rings is 2. The fourth-order valence-corrected chi connectivity index (χ4v) is 7.07. The van der Waals surface area contributed by atoms with Crippen LogP contribution in [0.4, 0.5) is 11.4 Å². The normalized spacial score (nSPS) is 14.3. The van der Waals surface area contributed by atoms with Crippen molar-refractivity contribution >= 4 is 51.1 Å². The van der Waals surface area contributed by atoms with Crippen LogP contribution in [0, 0.1) is 18.8 Å². The first kappa shape index (κ1) is 35.8. The van der Waals surface area contributed by atoms with E-state index in [4.69, 9.17) is 4.42 Å². The number of fused-ring (bicyclic) bond motifs is 2. The number of nitrogens with one attached hydrogen (secondary N) is 2. The van der Waals surface area contributed by atoms with Gasteiger partial charge in [-0.3, -0.25) is 33.8 Å². The molecule has 0 aliphatic carbocycles. The van der Waals surface area contributed by atoms with Crippen LogP contribution >= 0.6 is 0 Å². The van der Waals surface area contributed by atoms with Crippen molar-refractivity contribution in [1.29, 1.82) is 0 Å². The molecule has 5 heterocycles. The smallest absolute Gasteiger partial charge is 0.328 e. The van der Waals surface area contributed by atoms with Gasteiger partial charge in [0.1, 0.15) is 11.3 Å². The monoisotopic (exact) mass is 724 g/mol. The van der Waals surface area contributed by atoms with Gasteiger partial charge in [0.15, 0.2) is 5.82 Å². The Morgan fingerprint density at radius 1 is 1.04 bits per heavy atom. The van der Waals surface area contributed by atoms with Crippen LogP contribution in [0.1, 0.15) is 78.2 Å². The molecule has 54 heavy (non-hydrogen) atoms. The van der Waals surface area contributed by atoms with Crippen molar-refractivity contribution < 1.29 is 18.8 Å². The molecule has 13 nitrogen and oxygen atoms in total. The number of anilines is 2. The number of imidazole rings is 1. The minimum absolute atomic E-state index is 0.0646. The summed E-state index contributed by atoms with van der Waals surface area (Å²) in [6, 6.07) is 11.4. The molecule has 13 heteroatoms. The molecule has 0 bridgehead atoms. The maximum atomic E-state index is 13.0. The molecule has 0 spiro atoms. The quantitative estimate of drug-likeness (QED) is 0.156. The van der Waals surface area contributed by atoms with Crippen LogP contribution in [0.3, 0.4) is 0 Å². The highest BCUT2D eigenvalue weighted by molar-refractivity contribution is 6.03. The fourth-order valence-electron chi connectivity index (χ4n) is 7.07. The second-order valence-electron chi connectivity index (χ2n) is 13.7. The molecule has 4 aromatic heterocycles. The Labute approximate surface area is 311 Å². The zero-order valence-corrected chi connectivity index (χ0v) is 31.0. The second kappa shape index (κ2) is 14.5. The average molecular weight is 725 g/mol. The van der Waals surface area contributed by atoms with Crippen LogP contribution in [0.5, 0.6) is 0 Å². The first-order chi connectivity index (χ1) is 25.9. The van der Waals surface area contributed by atoms with E-state index in [1.807, 2.05) is 31.2 Å². The zero-order chi connectivity index (χ0) is 38.3. The average Bonchev–Trinajstić information content (AvgIpc) is 3.67. The molecule has 1 aliphatic heterocycles. The second-order valence-corrected chi connectivity index (χ2v) is 13.7. The number of piperidine rings is 1. The number of furan rings is 1. The maximum absolute atomic E-state index is 13.0. The van der Waals surface area contributed by atoms with Gasteiger partial charge in [0.25, 0.3) is 5.91 Å². The van der Waals surface area contributed by atoms with Crippen molar-refractivity contribution in [3.8, 4) is 23.2 Å². The van der Waals surface area contributed by atoms with Crippen LogP contribution in [0.2, 0.25) is 0 Å². The van der Waals surface area contributed by atoms with Crippen LogP contribution in [0.25, 0.3) is 33.4 Å². The lowest BCUT2D eigenvalue weighted by Crippen LogP contribution is -2.39. The summed E-state index contributed by atoms with van der Waals surface area (Å²) >= 11 is 0. The van der Waals surface area contributed by atoms with Gasteiger partial charge in [-0.1, -0.05) is 25.7 Å². The molecule has 1 aliphatic rings. The van der Waals surface area contributed by atoms with E-state index in [2.05, 4.69) is 69.2 Å². The van der Waals surface area contributed by atoms with Crippen molar-refractivity contribution in [1.82, 2.24) is 34.7 Å². The number of hydrogen-bond donors (Lipinski definition) is 2. The summed E-state index contributed by atoms with van der Waals surface area (Å²) in [5.41, 5.74) is 8.22. The first-order valence-electron chi connectivity index (χ1n) is 17.8. The molecular formula is C41H40N8O5. The summed E-state index contributed by atoms with van der Waals surface area (Å²) in [5.74, 6) is 5.29. The summed E-state index contributed by atoms with van der Waals surface area (Å²) in [6.45, 7) is 8.86. The van der Waals surface area contributed by atoms with Gasteiger partial charge in [-0.25, -0.2) is 14.8 Å². The molecule has 274 valence electrons. The predicted molar refractivity (Wildman–Crippen MR) is 205 cm³/mol. The first-order valence-corrected chi connectivity index (χ1v) is 17.8. The van der Waals surface area contributed by atoms with Crippen molar-refractivity contribution in [2.45, 2.75) is 52.4 Å². The van der Waals surface area contributed by atoms with Crippen LogP contribution < -0.4 is 21.2 Å². The van der Waals surface area contributed by atoms with Crippen molar-refractivity contribution in [2.24, 2.45) is 14.1 Å². The van der Waals surface area contributed by atoms with E-state index < -0.39 is 5.92 Å². The highest BCUT2D eigenvalue weighted by Gasteiger charge is 2.30.